The second-order valence-electron chi connectivity index (χ2n) is 3.81. The third-order valence-corrected chi connectivity index (χ3v) is 2.24. The summed E-state index contributed by atoms with van der Waals surface area (Å²) in [5.41, 5.74) is 6.95. The number of aromatic nitrogens is 3. The van der Waals surface area contributed by atoms with Gasteiger partial charge in [0.1, 0.15) is 6.04 Å². The van der Waals surface area contributed by atoms with Crippen LogP contribution in [-0.4, -0.2) is 32.1 Å². The molecule has 0 amide bonds. The molecule has 1 aromatic heterocycles. The molecule has 84 valence electrons. The number of carbonyl (C=O) groups is 1. The van der Waals surface area contributed by atoms with Gasteiger partial charge in [-0.3, -0.25) is 4.79 Å². The van der Waals surface area contributed by atoms with Gasteiger partial charge in [-0.1, -0.05) is 5.21 Å². The Balaban J connectivity index is 2.83. The van der Waals surface area contributed by atoms with E-state index >= 15 is 0 Å². The molecule has 1 atom stereocenters. The topological polar surface area (TPSA) is 94.0 Å². The van der Waals surface area contributed by atoms with Crippen molar-refractivity contribution in [1.82, 2.24) is 15.0 Å². The number of nitrogens with zero attached hydrogens (tertiary/aromatic N) is 3. The van der Waals surface area contributed by atoms with Gasteiger partial charge in [0.15, 0.2) is 0 Å². The summed E-state index contributed by atoms with van der Waals surface area (Å²) >= 11 is 0. The second kappa shape index (κ2) is 4.39. The summed E-state index contributed by atoms with van der Waals surface area (Å²) in [6.45, 7) is 5.84. The molecule has 0 fully saturated rings. The Kier molecular flexibility index (Phi) is 3.41. The first-order valence-electron chi connectivity index (χ1n) is 4.82. The van der Waals surface area contributed by atoms with E-state index in [0.29, 0.717) is 5.69 Å². The highest BCUT2D eigenvalue weighted by Gasteiger charge is 2.18. The van der Waals surface area contributed by atoms with Crippen LogP contribution in [0.3, 0.4) is 0 Å². The Morgan fingerprint density at radius 1 is 1.60 bits per heavy atom. The largest absolute Gasteiger partial charge is 0.480 e. The molecule has 0 spiro atoms. The number of carboxylic acids is 1. The minimum atomic E-state index is -1.02. The van der Waals surface area contributed by atoms with Gasteiger partial charge in [0, 0.05) is 12.5 Å². The Morgan fingerprint density at radius 2 is 2.20 bits per heavy atom. The monoisotopic (exact) mass is 212 g/mol. The number of hydrogen-bond acceptors (Lipinski definition) is 4. The predicted octanol–water partition coefficient (Wildman–Crippen LogP) is 0.122. The maximum atomic E-state index is 10.6. The SMILES string of the molecule is Cc1c(CC(N)C(=O)O)nnn1C(C)C. The molecule has 0 aromatic carbocycles. The third-order valence-electron chi connectivity index (χ3n) is 2.24. The molecule has 0 saturated heterocycles. The quantitative estimate of drug-likeness (QED) is 0.739. The van der Waals surface area contributed by atoms with Gasteiger partial charge < -0.3 is 10.8 Å². The molecule has 0 aliphatic rings. The van der Waals surface area contributed by atoms with E-state index in [2.05, 4.69) is 10.3 Å². The average Bonchev–Trinajstić information content (AvgIpc) is 2.48. The molecule has 15 heavy (non-hydrogen) atoms. The number of nitrogens with two attached hydrogens (primary N) is 1. The summed E-state index contributed by atoms with van der Waals surface area (Å²) in [5.74, 6) is -1.02. The zero-order chi connectivity index (χ0) is 11.6. The zero-order valence-corrected chi connectivity index (χ0v) is 9.14. The summed E-state index contributed by atoms with van der Waals surface area (Å²) in [6, 6.07) is -0.701. The fourth-order valence-corrected chi connectivity index (χ4v) is 1.35. The molecule has 1 aromatic rings. The van der Waals surface area contributed by atoms with Gasteiger partial charge in [0.2, 0.25) is 0 Å². The molecule has 6 nitrogen and oxygen atoms in total. The maximum absolute atomic E-state index is 10.6. The molecular weight excluding hydrogens is 196 g/mol. The lowest BCUT2D eigenvalue weighted by Crippen LogP contribution is -2.32. The lowest BCUT2D eigenvalue weighted by atomic mass is 10.1. The van der Waals surface area contributed by atoms with Crippen LogP contribution in [0.15, 0.2) is 0 Å². The van der Waals surface area contributed by atoms with E-state index in [1.54, 1.807) is 4.68 Å². The molecule has 0 radical (unpaired) electrons. The van der Waals surface area contributed by atoms with Crippen LogP contribution in [-0.2, 0) is 11.2 Å². The maximum Gasteiger partial charge on any atom is 0.320 e. The molecule has 0 aliphatic carbocycles. The van der Waals surface area contributed by atoms with Crippen LogP contribution in [0.4, 0.5) is 0 Å². The van der Waals surface area contributed by atoms with Gasteiger partial charge in [-0.15, -0.1) is 5.10 Å². The molecule has 0 bridgehead atoms. The van der Waals surface area contributed by atoms with Crippen molar-refractivity contribution in [1.29, 1.82) is 0 Å². The smallest absolute Gasteiger partial charge is 0.320 e. The molecule has 1 rings (SSSR count). The van der Waals surface area contributed by atoms with Crippen molar-refractivity contribution >= 4 is 5.97 Å². The average molecular weight is 212 g/mol. The van der Waals surface area contributed by atoms with Gasteiger partial charge in [0.05, 0.1) is 11.4 Å². The summed E-state index contributed by atoms with van der Waals surface area (Å²) < 4.78 is 1.75. The highest BCUT2D eigenvalue weighted by atomic mass is 16.4. The van der Waals surface area contributed by atoms with E-state index in [1.165, 1.54) is 0 Å². The highest BCUT2D eigenvalue weighted by Crippen LogP contribution is 2.11. The molecule has 0 saturated carbocycles. The summed E-state index contributed by atoms with van der Waals surface area (Å²) in [4.78, 5) is 10.6. The number of carboxylic acid groups (broad SMARTS) is 1. The molecule has 6 heteroatoms. The van der Waals surface area contributed by atoms with E-state index in [4.69, 9.17) is 10.8 Å². The van der Waals surface area contributed by atoms with Crippen LogP contribution in [0.2, 0.25) is 0 Å². The third kappa shape index (κ3) is 2.53. The minimum absolute atomic E-state index is 0.215. The van der Waals surface area contributed by atoms with Crippen molar-refractivity contribution in [3.63, 3.8) is 0 Å². The molecule has 0 aliphatic heterocycles. The second-order valence-corrected chi connectivity index (χ2v) is 3.81. The van der Waals surface area contributed by atoms with Crippen molar-refractivity contribution in [3.05, 3.63) is 11.4 Å². The Morgan fingerprint density at radius 3 is 2.60 bits per heavy atom. The molecule has 1 unspecified atom stereocenters. The minimum Gasteiger partial charge on any atom is -0.480 e. The Hall–Kier alpha value is -1.43. The number of rotatable bonds is 4. The van der Waals surface area contributed by atoms with Crippen LogP contribution >= 0.6 is 0 Å². The predicted molar refractivity (Wildman–Crippen MR) is 54.5 cm³/mol. The van der Waals surface area contributed by atoms with E-state index in [0.717, 1.165) is 5.69 Å². The van der Waals surface area contributed by atoms with Crippen molar-refractivity contribution < 1.29 is 9.90 Å². The lowest BCUT2D eigenvalue weighted by Gasteiger charge is -2.07. The van der Waals surface area contributed by atoms with Crippen molar-refractivity contribution in [2.75, 3.05) is 0 Å². The zero-order valence-electron chi connectivity index (χ0n) is 9.14. The summed E-state index contributed by atoms with van der Waals surface area (Å²) in [6.07, 6.45) is 0.216. The normalized spacial score (nSPS) is 13.1. The first-order valence-corrected chi connectivity index (χ1v) is 4.82. The molecule has 3 N–H and O–H groups in total. The standard InChI is InChI=1S/C9H16N4O2/c1-5(2)13-6(3)8(11-12-13)4-7(10)9(14)15/h5,7H,4,10H2,1-3H3,(H,14,15). The Labute approximate surface area is 88.1 Å². The van der Waals surface area contributed by atoms with Gasteiger partial charge in [-0.2, -0.15) is 0 Å². The first kappa shape index (κ1) is 11.6. The van der Waals surface area contributed by atoms with Crippen molar-refractivity contribution in [2.45, 2.75) is 39.3 Å². The van der Waals surface area contributed by atoms with Crippen LogP contribution in [0, 0.1) is 6.92 Å². The van der Waals surface area contributed by atoms with Gasteiger partial charge in [-0.25, -0.2) is 4.68 Å². The molecule has 1 heterocycles. The first-order chi connectivity index (χ1) is 6.93. The fraction of sp³-hybridized carbons (Fsp3) is 0.667. The van der Waals surface area contributed by atoms with E-state index in [-0.39, 0.29) is 12.5 Å². The number of aliphatic carboxylic acids is 1. The fourth-order valence-electron chi connectivity index (χ4n) is 1.35. The van der Waals surface area contributed by atoms with E-state index < -0.39 is 12.0 Å². The summed E-state index contributed by atoms with van der Waals surface area (Å²) in [7, 11) is 0. The van der Waals surface area contributed by atoms with Gasteiger partial charge in [0.25, 0.3) is 0 Å². The van der Waals surface area contributed by atoms with Crippen LogP contribution in [0.5, 0.6) is 0 Å². The van der Waals surface area contributed by atoms with Crippen molar-refractivity contribution in [3.8, 4) is 0 Å². The van der Waals surface area contributed by atoms with Crippen molar-refractivity contribution in [2.24, 2.45) is 5.73 Å². The Bertz CT molecular complexity index is 359. The van der Waals surface area contributed by atoms with Crippen LogP contribution < -0.4 is 5.73 Å². The van der Waals surface area contributed by atoms with E-state index in [1.807, 2.05) is 20.8 Å². The van der Waals surface area contributed by atoms with Gasteiger partial charge >= 0.3 is 5.97 Å². The van der Waals surface area contributed by atoms with Crippen LogP contribution in [0.25, 0.3) is 0 Å². The number of hydrogen-bond donors (Lipinski definition) is 2. The molecular formula is C9H16N4O2. The van der Waals surface area contributed by atoms with Crippen LogP contribution in [0.1, 0.15) is 31.3 Å². The highest BCUT2D eigenvalue weighted by molar-refractivity contribution is 5.73. The summed E-state index contributed by atoms with van der Waals surface area (Å²) in [5, 5.41) is 16.5. The van der Waals surface area contributed by atoms with E-state index in [9.17, 15) is 4.79 Å². The lowest BCUT2D eigenvalue weighted by molar-refractivity contribution is -0.138. The van der Waals surface area contributed by atoms with Gasteiger partial charge in [-0.05, 0) is 20.8 Å².